The monoisotopic (exact) mass is 502 g/mol. The fourth-order valence-electron chi connectivity index (χ4n) is 8.54. The van der Waals surface area contributed by atoms with E-state index >= 15 is 0 Å². The van der Waals surface area contributed by atoms with Gasteiger partial charge >= 0.3 is 17.9 Å². The Labute approximate surface area is 207 Å². The highest BCUT2D eigenvalue weighted by Crippen LogP contribution is 2.75. The summed E-state index contributed by atoms with van der Waals surface area (Å²) in [6, 6.07) is 1.65. The average molecular weight is 503 g/mol. The number of carbonyl (C=O) groups is 4. The number of hydrogen-bond acceptors (Lipinski definition) is 10. The molecular formula is C26H30O10. The Morgan fingerprint density at radius 1 is 1.17 bits per heavy atom. The predicted octanol–water partition coefficient (Wildman–Crippen LogP) is 1.88. The lowest BCUT2D eigenvalue weighted by Gasteiger charge is -2.50. The summed E-state index contributed by atoms with van der Waals surface area (Å²) in [6.07, 6.45) is 0.0427. The van der Waals surface area contributed by atoms with Crippen molar-refractivity contribution in [3.8, 4) is 0 Å². The molecule has 3 saturated heterocycles. The molecule has 0 amide bonds. The van der Waals surface area contributed by atoms with Gasteiger partial charge in [0.1, 0.15) is 16.8 Å². The van der Waals surface area contributed by atoms with E-state index in [0.717, 1.165) is 0 Å². The van der Waals surface area contributed by atoms with Crippen LogP contribution in [-0.2, 0) is 38.1 Å². The predicted molar refractivity (Wildman–Crippen MR) is 118 cm³/mol. The number of hydrogen-bond donors (Lipinski definition) is 1. The molecule has 6 rings (SSSR count). The van der Waals surface area contributed by atoms with Crippen molar-refractivity contribution in [2.24, 2.45) is 28.1 Å². The number of methoxy groups -OCH3 is 1. The van der Waals surface area contributed by atoms with Crippen LogP contribution < -0.4 is 0 Å². The largest absolute Gasteiger partial charge is 0.472 e. The van der Waals surface area contributed by atoms with Crippen LogP contribution in [0.25, 0.3) is 0 Å². The highest BCUT2D eigenvalue weighted by molar-refractivity contribution is 5.98. The van der Waals surface area contributed by atoms with Crippen molar-refractivity contribution in [3.05, 3.63) is 24.2 Å². The second-order valence-electron chi connectivity index (χ2n) is 12.0. The fourth-order valence-corrected chi connectivity index (χ4v) is 8.54. The second kappa shape index (κ2) is 6.77. The standard InChI is InChI=1S/C26H30O10/c1-22(2)16-15(20(30)32-5)34-21(31)24(16,4)19-14(18(22)29)25-8-7-23(3,17(28)12-6-9-33-11-12)26(25,36-19)10-13(27)35-25/h6,9,11,14-17,19,28H,7-8,10H2,1-5H3. The minimum Gasteiger partial charge on any atom is -0.472 e. The molecule has 9 atom stereocenters. The van der Waals surface area contributed by atoms with Gasteiger partial charge in [0, 0.05) is 22.3 Å². The number of cyclic esters (lactones) is 1. The Bertz CT molecular complexity index is 1190. The van der Waals surface area contributed by atoms with Crippen LogP contribution in [-0.4, -0.2) is 59.3 Å². The summed E-state index contributed by atoms with van der Waals surface area (Å²) in [7, 11) is 1.20. The molecular weight excluding hydrogens is 472 g/mol. The maximum Gasteiger partial charge on any atom is 0.347 e. The van der Waals surface area contributed by atoms with Crippen molar-refractivity contribution >= 4 is 23.7 Å². The third-order valence-electron chi connectivity index (χ3n) is 10.2. The Morgan fingerprint density at radius 3 is 2.53 bits per heavy atom. The van der Waals surface area contributed by atoms with E-state index in [9.17, 15) is 24.3 Å². The smallest absolute Gasteiger partial charge is 0.347 e. The topological polar surface area (TPSA) is 139 Å². The molecule has 5 fully saturated rings. The molecule has 0 aromatic carbocycles. The zero-order valence-electron chi connectivity index (χ0n) is 20.9. The number of ether oxygens (including phenoxy) is 4. The summed E-state index contributed by atoms with van der Waals surface area (Å²) in [4.78, 5) is 53.3. The first-order valence-electron chi connectivity index (χ1n) is 12.2. The van der Waals surface area contributed by atoms with Crippen LogP contribution in [0, 0.1) is 28.1 Å². The summed E-state index contributed by atoms with van der Waals surface area (Å²) in [6.45, 7) is 6.86. The minimum absolute atomic E-state index is 0.171. The van der Waals surface area contributed by atoms with E-state index in [0.29, 0.717) is 12.0 Å². The van der Waals surface area contributed by atoms with Gasteiger partial charge in [0.05, 0.1) is 44.2 Å². The first-order valence-corrected chi connectivity index (χ1v) is 12.2. The molecule has 9 unspecified atom stereocenters. The highest BCUT2D eigenvalue weighted by atomic mass is 16.6. The van der Waals surface area contributed by atoms with Crippen molar-refractivity contribution in [1.82, 2.24) is 0 Å². The number of aliphatic hydroxyl groups is 1. The molecule has 10 heteroatoms. The van der Waals surface area contributed by atoms with E-state index in [1.54, 1.807) is 26.8 Å². The van der Waals surface area contributed by atoms with Gasteiger partial charge in [-0.15, -0.1) is 0 Å². The number of furan rings is 1. The number of carbonyl (C=O) groups excluding carboxylic acids is 4. The molecule has 1 aromatic rings. The molecule has 36 heavy (non-hydrogen) atoms. The van der Waals surface area contributed by atoms with Gasteiger partial charge in [-0.1, -0.05) is 20.8 Å². The normalized spacial score (nSPS) is 46.9. The van der Waals surface area contributed by atoms with Crippen LogP contribution >= 0.6 is 0 Å². The lowest BCUT2D eigenvalue weighted by Crippen LogP contribution is -2.65. The quantitative estimate of drug-likeness (QED) is 0.481. The first kappa shape index (κ1) is 23.7. The lowest BCUT2D eigenvalue weighted by atomic mass is 9.49. The minimum atomic E-state index is -1.39. The highest BCUT2D eigenvalue weighted by Gasteiger charge is 2.88. The summed E-state index contributed by atoms with van der Waals surface area (Å²) in [5.74, 6) is -4.00. The number of ketones is 1. The van der Waals surface area contributed by atoms with E-state index in [1.807, 2.05) is 6.92 Å². The van der Waals surface area contributed by atoms with Gasteiger partial charge in [0.15, 0.2) is 5.60 Å². The number of esters is 3. The van der Waals surface area contributed by atoms with Gasteiger partial charge in [-0.3, -0.25) is 14.4 Å². The van der Waals surface area contributed by atoms with E-state index in [1.165, 1.54) is 19.6 Å². The molecule has 3 aliphatic heterocycles. The Balaban J connectivity index is 1.54. The number of Topliss-reactive ketones (excluding diaryl/α,β-unsaturated/α-hetero) is 1. The van der Waals surface area contributed by atoms with Gasteiger partial charge in [-0.05, 0) is 25.8 Å². The number of aliphatic hydroxyl groups excluding tert-OH is 1. The molecule has 10 nitrogen and oxygen atoms in total. The Hall–Kier alpha value is -2.72. The molecule has 1 N–H and O–H groups in total. The van der Waals surface area contributed by atoms with Crippen LogP contribution in [0.15, 0.2) is 23.0 Å². The fraction of sp³-hybridized carbons (Fsp3) is 0.692. The van der Waals surface area contributed by atoms with Gasteiger partial charge in [0.2, 0.25) is 6.10 Å². The van der Waals surface area contributed by atoms with E-state index in [2.05, 4.69) is 0 Å². The van der Waals surface area contributed by atoms with Crippen LogP contribution in [0.2, 0.25) is 0 Å². The van der Waals surface area contributed by atoms with Crippen LogP contribution in [0.1, 0.15) is 58.6 Å². The zero-order valence-corrected chi connectivity index (χ0v) is 20.9. The van der Waals surface area contributed by atoms with E-state index < -0.39 is 75.5 Å². The number of rotatable bonds is 3. The molecule has 0 bridgehead atoms. The molecule has 2 aliphatic carbocycles. The lowest BCUT2D eigenvalue weighted by molar-refractivity contribution is -0.199. The molecule has 0 spiro atoms. The van der Waals surface area contributed by atoms with E-state index in [4.69, 9.17) is 23.4 Å². The Morgan fingerprint density at radius 2 is 1.89 bits per heavy atom. The van der Waals surface area contributed by atoms with Crippen LogP contribution in [0.5, 0.6) is 0 Å². The third-order valence-corrected chi connectivity index (χ3v) is 10.2. The van der Waals surface area contributed by atoms with Gasteiger partial charge < -0.3 is 28.5 Å². The number of fused-ring (bicyclic) bond motifs is 3. The summed E-state index contributed by atoms with van der Waals surface area (Å²) >= 11 is 0. The summed E-state index contributed by atoms with van der Waals surface area (Å²) in [5, 5.41) is 11.5. The van der Waals surface area contributed by atoms with Crippen LogP contribution in [0.3, 0.4) is 0 Å². The van der Waals surface area contributed by atoms with Crippen molar-refractivity contribution in [1.29, 1.82) is 0 Å². The second-order valence-corrected chi connectivity index (χ2v) is 12.0. The van der Waals surface area contributed by atoms with Gasteiger partial charge in [-0.2, -0.15) is 0 Å². The van der Waals surface area contributed by atoms with Crippen LogP contribution in [0.4, 0.5) is 0 Å². The van der Waals surface area contributed by atoms with Crippen molar-refractivity contribution < 1.29 is 47.6 Å². The van der Waals surface area contributed by atoms with Crippen molar-refractivity contribution in [3.63, 3.8) is 0 Å². The maximum atomic E-state index is 14.3. The molecule has 1 aromatic heterocycles. The van der Waals surface area contributed by atoms with Gasteiger partial charge in [0.25, 0.3) is 0 Å². The SMILES string of the molecule is COC(=O)C1OC(=O)C2(C)C3OC45CC(=O)OC4(CCC5(C)C(O)c4ccoc4)C3C(=O)C(C)(C)C12. The molecule has 2 saturated carbocycles. The maximum absolute atomic E-state index is 14.3. The van der Waals surface area contributed by atoms with E-state index in [-0.39, 0.29) is 18.6 Å². The van der Waals surface area contributed by atoms with Crippen molar-refractivity contribution in [2.75, 3.05) is 7.11 Å². The third kappa shape index (κ3) is 2.27. The Kier molecular flexibility index (Phi) is 4.45. The zero-order chi connectivity index (χ0) is 26.1. The molecule has 0 radical (unpaired) electrons. The van der Waals surface area contributed by atoms with Crippen molar-refractivity contribution in [2.45, 2.75) is 76.5 Å². The molecule has 5 aliphatic rings. The molecule has 194 valence electrons. The average Bonchev–Trinajstić information content (AvgIpc) is 3.59. The summed E-state index contributed by atoms with van der Waals surface area (Å²) in [5.41, 5.74) is -5.86. The first-order chi connectivity index (χ1) is 16.8. The molecule has 4 heterocycles. The van der Waals surface area contributed by atoms with Gasteiger partial charge in [-0.25, -0.2) is 4.79 Å². The summed E-state index contributed by atoms with van der Waals surface area (Å²) < 4.78 is 28.5.